The first-order chi connectivity index (χ1) is 14.6. The van der Waals surface area contributed by atoms with Gasteiger partial charge >= 0.3 is 0 Å². The molecule has 154 valence electrons. The Morgan fingerprint density at radius 3 is 2.67 bits per heavy atom. The average molecular weight is 406 g/mol. The Hall–Kier alpha value is -3.25. The molecule has 1 aliphatic rings. The second-order valence-corrected chi connectivity index (χ2v) is 7.48. The summed E-state index contributed by atoms with van der Waals surface area (Å²) in [5, 5.41) is 3.19. The van der Waals surface area contributed by atoms with E-state index in [9.17, 15) is 14.0 Å². The zero-order chi connectivity index (χ0) is 20.9. The maximum absolute atomic E-state index is 13.4. The number of amides is 1. The molecule has 1 fully saturated rings. The van der Waals surface area contributed by atoms with Crippen LogP contribution in [0.2, 0.25) is 0 Å². The van der Waals surface area contributed by atoms with E-state index in [1.165, 1.54) is 23.8 Å². The van der Waals surface area contributed by atoms with Crippen molar-refractivity contribution in [3.63, 3.8) is 0 Å². The fourth-order valence-electron chi connectivity index (χ4n) is 3.66. The van der Waals surface area contributed by atoms with Gasteiger partial charge in [-0.3, -0.25) is 14.5 Å². The molecule has 6 heteroatoms. The van der Waals surface area contributed by atoms with Crippen molar-refractivity contribution >= 4 is 23.0 Å². The summed E-state index contributed by atoms with van der Waals surface area (Å²) < 4.78 is 18.9. The number of nitrogens with zero attached hydrogens (tertiary/aromatic N) is 1. The molecule has 1 aromatic heterocycles. The lowest BCUT2D eigenvalue weighted by atomic mass is 10.0. The molecule has 0 aliphatic carbocycles. The highest BCUT2D eigenvalue weighted by atomic mass is 19.1. The molecule has 0 radical (unpaired) electrons. The molecule has 2 aromatic carbocycles. The van der Waals surface area contributed by atoms with Crippen molar-refractivity contribution in [2.24, 2.45) is 0 Å². The predicted molar refractivity (Wildman–Crippen MR) is 115 cm³/mol. The Bertz CT molecular complexity index is 1120. The maximum atomic E-state index is 13.4. The first-order valence-electron chi connectivity index (χ1n) is 10.1. The molecule has 0 spiro atoms. The van der Waals surface area contributed by atoms with Gasteiger partial charge in [-0.2, -0.15) is 0 Å². The van der Waals surface area contributed by atoms with Gasteiger partial charge in [0.2, 0.25) is 0 Å². The van der Waals surface area contributed by atoms with E-state index >= 15 is 0 Å². The number of fused-ring (bicyclic) bond motifs is 1. The second-order valence-electron chi connectivity index (χ2n) is 7.48. The van der Waals surface area contributed by atoms with Gasteiger partial charge in [-0.25, -0.2) is 4.39 Å². The van der Waals surface area contributed by atoms with Gasteiger partial charge in [0.1, 0.15) is 11.4 Å². The fraction of sp³-hybridized carbons (Fsp3) is 0.250. The van der Waals surface area contributed by atoms with Gasteiger partial charge in [-0.05, 0) is 30.5 Å². The normalized spacial score (nSPS) is 15.6. The van der Waals surface area contributed by atoms with Crippen molar-refractivity contribution in [3.8, 4) is 0 Å². The molecule has 4 rings (SSSR count). The molecule has 30 heavy (non-hydrogen) atoms. The SMILES string of the molecule is O=C(NC1CCN(C/C=C/c2ccccc2)CC1)c1cc(=O)c2ccc(F)cc2o1. The summed E-state index contributed by atoms with van der Waals surface area (Å²) in [6.07, 6.45) is 5.89. The molecule has 2 heterocycles. The Balaban J connectivity index is 1.32. The van der Waals surface area contributed by atoms with Gasteiger partial charge in [0.25, 0.3) is 5.91 Å². The zero-order valence-corrected chi connectivity index (χ0v) is 16.5. The summed E-state index contributed by atoms with van der Waals surface area (Å²) in [6, 6.07) is 15.0. The zero-order valence-electron chi connectivity index (χ0n) is 16.5. The van der Waals surface area contributed by atoms with E-state index in [-0.39, 0.29) is 28.2 Å². The van der Waals surface area contributed by atoms with E-state index in [4.69, 9.17) is 4.42 Å². The van der Waals surface area contributed by atoms with Gasteiger partial charge in [0.05, 0.1) is 5.39 Å². The van der Waals surface area contributed by atoms with Crippen LogP contribution >= 0.6 is 0 Å². The molecule has 0 atom stereocenters. The Kier molecular flexibility index (Phi) is 6.05. The van der Waals surface area contributed by atoms with E-state index in [0.29, 0.717) is 0 Å². The highest BCUT2D eigenvalue weighted by Gasteiger charge is 2.22. The van der Waals surface area contributed by atoms with Gasteiger partial charge in [-0.1, -0.05) is 42.5 Å². The van der Waals surface area contributed by atoms with Crippen molar-refractivity contribution < 1.29 is 13.6 Å². The molecular weight excluding hydrogens is 383 g/mol. The van der Waals surface area contributed by atoms with Crippen molar-refractivity contribution in [1.82, 2.24) is 10.2 Å². The van der Waals surface area contributed by atoms with Crippen LogP contribution in [0.3, 0.4) is 0 Å². The van der Waals surface area contributed by atoms with Crippen LogP contribution in [0.25, 0.3) is 17.0 Å². The molecule has 5 nitrogen and oxygen atoms in total. The third kappa shape index (κ3) is 4.83. The third-order valence-electron chi connectivity index (χ3n) is 5.31. The first-order valence-corrected chi connectivity index (χ1v) is 10.1. The third-order valence-corrected chi connectivity index (χ3v) is 5.31. The van der Waals surface area contributed by atoms with E-state index in [0.717, 1.165) is 38.5 Å². The van der Waals surface area contributed by atoms with Crippen LogP contribution < -0.4 is 10.7 Å². The summed E-state index contributed by atoms with van der Waals surface area (Å²) in [4.78, 5) is 27.1. The van der Waals surface area contributed by atoms with Crippen molar-refractivity contribution in [1.29, 1.82) is 0 Å². The maximum Gasteiger partial charge on any atom is 0.287 e. The first kappa shape index (κ1) is 20.0. The van der Waals surface area contributed by atoms with Crippen LogP contribution in [0, 0.1) is 5.82 Å². The van der Waals surface area contributed by atoms with E-state index in [1.807, 2.05) is 18.2 Å². The Morgan fingerprint density at radius 2 is 1.90 bits per heavy atom. The predicted octanol–water partition coefficient (Wildman–Crippen LogP) is 3.84. The van der Waals surface area contributed by atoms with E-state index < -0.39 is 11.7 Å². The summed E-state index contributed by atoms with van der Waals surface area (Å²) in [7, 11) is 0. The number of hydrogen-bond acceptors (Lipinski definition) is 4. The number of nitrogens with one attached hydrogen (secondary N) is 1. The van der Waals surface area contributed by atoms with Crippen LogP contribution in [0.1, 0.15) is 29.0 Å². The minimum absolute atomic E-state index is 0.0142. The van der Waals surface area contributed by atoms with Crippen LogP contribution in [0.5, 0.6) is 0 Å². The van der Waals surface area contributed by atoms with Gasteiger partial charge in [0.15, 0.2) is 11.2 Å². The Morgan fingerprint density at radius 1 is 1.13 bits per heavy atom. The molecule has 1 aliphatic heterocycles. The summed E-state index contributed by atoms with van der Waals surface area (Å²) >= 11 is 0. The van der Waals surface area contributed by atoms with Crippen molar-refractivity contribution in [2.75, 3.05) is 19.6 Å². The standard InChI is InChI=1S/C24H23FN2O3/c25-18-8-9-20-21(28)16-23(30-22(20)15-18)24(29)26-19-10-13-27(14-11-19)12-4-7-17-5-2-1-3-6-17/h1-9,15-16,19H,10-14H2,(H,26,29)/b7-4+. The lowest BCUT2D eigenvalue weighted by molar-refractivity contribution is 0.0886. The monoisotopic (exact) mass is 406 g/mol. The molecular formula is C24H23FN2O3. The summed E-state index contributed by atoms with van der Waals surface area (Å²) in [6.45, 7) is 2.61. The number of halogens is 1. The summed E-state index contributed by atoms with van der Waals surface area (Å²) in [5.74, 6) is -1.05. The lowest BCUT2D eigenvalue weighted by Crippen LogP contribution is -2.44. The lowest BCUT2D eigenvalue weighted by Gasteiger charge is -2.31. The average Bonchev–Trinajstić information content (AvgIpc) is 2.75. The number of likely N-dealkylation sites (tertiary alicyclic amines) is 1. The van der Waals surface area contributed by atoms with Gasteiger partial charge in [-0.15, -0.1) is 0 Å². The molecule has 3 aromatic rings. The molecule has 0 unspecified atom stereocenters. The Labute approximate surface area is 173 Å². The smallest absolute Gasteiger partial charge is 0.287 e. The largest absolute Gasteiger partial charge is 0.451 e. The fourth-order valence-corrected chi connectivity index (χ4v) is 3.66. The molecule has 1 N–H and O–H groups in total. The van der Waals surface area contributed by atoms with Crippen LogP contribution in [0.4, 0.5) is 4.39 Å². The van der Waals surface area contributed by atoms with Crippen LogP contribution in [0.15, 0.2) is 69.9 Å². The minimum Gasteiger partial charge on any atom is -0.451 e. The van der Waals surface area contributed by atoms with Crippen LogP contribution in [-0.4, -0.2) is 36.5 Å². The van der Waals surface area contributed by atoms with Crippen molar-refractivity contribution in [2.45, 2.75) is 18.9 Å². The molecule has 1 saturated heterocycles. The van der Waals surface area contributed by atoms with Gasteiger partial charge < -0.3 is 9.73 Å². The molecule has 0 saturated carbocycles. The number of hydrogen-bond donors (Lipinski definition) is 1. The topological polar surface area (TPSA) is 62.6 Å². The van der Waals surface area contributed by atoms with Gasteiger partial charge in [0, 0.05) is 37.8 Å². The molecule has 1 amide bonds. The number of benzene rings is 2. The molecule has 0 bridgehead atoms. The number of carbonyl (C=O) groups excluding carboxylic acids is 1. The van der Waals surface area contributed by atoms with Crippen molar-refractivity contribution in [3.05, 3.63) is 88.0 Å². The van der Waals surface area contributed by atoms with Crippen LogP contribution in [-0.2, 0) is 0 Å². The highest BCUT2D eigenvalue weighted by Crippen LogP contribution is 2.16. The number of rotatable bonds is 5. The number of carbonyl (C=O) groups is 1. The highest BCUT2D eigenvalue weighted by molar-refractivity contribution is 5.93. The quantitative estimate of drug-likeness (QED) is 0.699. The van der Waals surface area contributed by atoms with E-state index in [2.05, 4.69) is 34.5 Å². The number of piperidine rings is 1. The summed E-state index contributed by atoms with van der Waals surface area (Å²) in [5.41, 5.74) is 0.894. The second kappa shape index (κ2) is 9.05. The van der Waals surface area contributed by atoms with E-state index in [1.54, 1.807) is 0 Å². The minimum atomic E-state index is -0.517.